The van der Waals surface area contributed by atoms with E-state index < -0.39 is 15.1 Å². The molecular weight excluding hydrogens is 428 g/mol. The standard InChI is InChI=1S/C19H26N4O3S3/c1-10-4-5-13-14(8-10)28-17-15(13)16(20)21-19(22-17)27-11(2)18(24)23(3)12-6-7-29(25,26)9-12/h10-12H,4-9H2,1-3H3,(H2,20,21,22). The molecule has 1 aliphatic carbocycles. The van der Waals surface area contributed by atoms with Gasteiger partial charge in [-0.15, -0.1) is 11.3 Å². The third kappa shape index (κ3) is 4.11. The monoisotopic (exact) mass is 454 g/mol. The van der Waals surface area contributed by atoms with E-state index in [9.17, 15) is 13.2 Å². The summed E-state index contributed by atoms with van der Waals surface area (Å²) < 4.78 is 23.4. The first-order valence-electron chi connectivity index (χ1n) is 9.86. The quantitative estimate of drug-likeness (QED) is 0.559. The third-order valence-corrected chi connectivity index (χ3v) is 9.74. The highest BCUT2D eigenvalue weighted by atomic mass is 32.2. The van der Waals surface area contributed by atoms with Crippen molar-refractivity contribution in [1.29, 1.82) is 0 Å². The van der Waals surface area contributed by atoms with Gasteiger partial charge in [0.05, 0.1) is 22.1 Å². The van der Waals surface area contributed by atoms with Gasteiger partial charge in [0.2, 0.25) is 5.91 Å². The first kappa shape index (κ1) is 20.9. The van der Waals surface area contributed by atoms with Gasteiger partial charge in [-0.2, -0.15) is 0 Å². The molecule has 0 saturated carbocycles. The molecule has 158 valence electrons. The highest BCUT2D eigenvalue weighted by Gasteiger charge is 2.34. The van der Waals surface area contributed by atoms with Crippen LogP contribution in [0.1, 0.15) is 37.1 Å². The second-order valence-electron chi connectivity index (χ2n) is 8.19. The Bertz CT molecular complexity index is 1070. The molecule has 4 rings (SSSR count). The summed E-state index contributed by atoms with van der Waals surface area (Å²) in [5.41, 5.74) is 7.58. The van der Waals surface area contributed by atoms with Crippen LogP contribution >= 0.6 is 23.1 Å². The van der Waals surface area contributed by atoms with Gasteiger partial charge in [-0.1, -0.05) is 18.7 Å². The van der Waals surface area contributed by atoms with Crippen molar-refractivity contribution in [2.24, 2.45) is 5.92 Å². The predicted octanol–water partition coefficient (Wildman–Crippen LogP) is 2.52. The largest absolute Gasteiger partial charge is 0.383 e. The van der Waals surface area contributed by atoms with Crippen molar-refractivity contribution in [3.63, 3.8) is 0 Å². The van der Waals surface area contributed by atoms with E-state index in [-0.39, 0.29) is 23.5 Å². The number of fused-ring (bicyclic) bond motifs is 3. The Labute approximate surface area is 179 Å². The predicted molar refractivity (Wildman–Crippen MR) is 118 cm³/mol. The number of nitrogen functional groups attached to an aromatic ring is 1. The van der Waals surface area contributed by atoms with Crippen molar-refractivity contribution >= 4 is 54.9 Å². The summed E-state index contributed by atoms with van der Waals surface area (Å²) in [5.74, 6) is 1.24. The SMILES string of the molecule is CC1CCc2c(sc3nc(SC(C)C(=O)N(C)C4CCS(=O)(=O)C4)nc(N)c23)C1. The number of aryl methyl sites for hydroxylation is 1. The van der Waals surface area contributed by atoms with Crippen molar-refractivity contribution in [2.45, 2.75) is 56.0 Å². The second kappa shape index (κ2) is 7.70. The molecule has 3 atom stereocenters. The van der Waals surface area contributed by atoms with Crippen LogP contribution in [0.2, 0.25) is 0 Å². The summed E-state index contributed by atoms with van der Waals surface area (Å²) in [5, 5.41) is 1.05. The molecule has 10 heteroatoms. The molecule has 29 heavy (non-hydrogen) atoms. The number of aromatic nitrogens is 2. The summed E-state index contributed by atoms with van der Waals surface area (Å²) in [7, 11) is -1.36. The van der Waals surface area contributed by atoms with Crippen molar-refractivity contribution < 1.29 is 13.2 Å². The number of thioether (sulfide) groups is 1. The number of carbonyl (C=O) groups is 1. The van der Waals surface area contributed by atoms with Crippen molar-refractivity contribution in [2.75, 3.05) is 24.3 Å². The number of nitrogens with two attached hydrogens (primary N) is 1. The number of amides is 1. The van der Waals surface area contributed by atoms with E-state index in [0.717, 1.165) is 29.5 Å². The van der Waals surface area contributed by atoms with E-state index in [1.165, 1.54) is 22.2 Å². The average molecular weight is 455 g/mol. The fraction of sp³-hybridized carbons (Fsp3) is 0.632. The molecule has 1 aliphatic heterocycles. The minimum absolute atomic E-state index is 0.0429. The first-order chi connectivity index (χ1) is 13.6. The maximum atomic E-state index is 12.8. The van der Waals surface area contributed by atoms with Gasteiger partial charge in [0.25, 0.3) is 0 Å². The lowest BCUT2D eigenvalue weighted by Crippen LogP contribution is -2.41. The average Bonchev–Trinajstić information content (AvgIpc) is 3.19. The lowest BCUT2D eigenvalue weighted by atomic mass is 9.89. The maximum absolute atomic E-state index is 12.8. The summed E-state index contributed by atoms with van der Waals surface area (Å²) in [6, 6.07) is -0.255. The number of hydrogen-bond acceptors (Lipinski definition) is 8. The lowest BCUT2D eigenvalue weighted by molar-refractivity contribution is -0.130. The van der Waals surface area contributed by atoms with E-state index in [1.54, 1.807) is 30.2 Å². The summed E-state index contributed by atoms with van der Waals surface area (Å²) in [6.07, 6.45) is 3.73. The minimum Gasteiger partial charge on any atom is -0.383 e. The van der Waals surface area contributed by atoms with E-state index in [1.807, 2.05) is 0 Å². The van der Waals surface area contributed by atoms with Gasteiger partial charge in [0.1, 0.15) is 10.6 Å². The van der Waals surface area contributed by atoms with Gasteiger partial charge >= 0.3 is 0 Å². The van der Waals surface area contributed by atoms with Crippen LogP contribution < -0.4 is 5.73 Å². The van der Waals surface area contributed by atoms with Crippen LogP contribution in [0.25, 0.3) is 10.2 Å². The van der Waals surface area contributed by atoms with Crippen LogP contribution in [0.5, 0.6) is 0 Å². The zero-order chi connectivity index (χ0) is 20.9. The number of nitrogens with zero attached hydrogens (tertiary/aromatic N) is 3. The zero-order valence-corrected chi connectivity index (χ0v) is 19.3. The highest BCUT2D eigenvalue weighted by Crippen LogP contribution is 2.40. The molecule has 2 aromatic heterocycles. The Hall–Kier alpha value is -1.39. The smallest absolute Gasteiger partial charge is 0.235 e. The Morgan fingerprint density at radius 1 is 1.34 bits per heavy atom. The number of anilines is 1. The Morgan fingerprint density at radius 3 is 2.79 bits per heavy atom. The van der Waals surface area contributed by atoms with Crippen LogP contribution in [-0.4, -0.2) is 59.0 Å². The molecule has 3 heterocycles. The van der Waals surface area contributed by atoms with Crippen molar-refractivity contribution in [3.05, 3.63) is 10.4 Å². The number of carbonyl (C=O) groups excluding carboxylic acids is 1. The molecule has 2 N–H and O–H groups in total. The number of hydrogen-bond donors (Lipinski definition) is 1. The summed E-state index contributed by atoms with van der Waals surface area (Å²) >= 11 is 2.97. The van der Waals surface area contributed by atoms with Gasteiger partial charge in [-0.3, -0.25) is 4.79 Å². The van der Waals surface area contributed by atoms with Crippen molar-refractivity contribution in [3.8, 4) is 0 Å². The topological polar surface area (TPSA) is 106 Å². The van der Waals surface area contributed by atoms with E-state index in [4.69, 9.17) is 10.7 Å². The Morgan fingerprint density at radius 2 is 2.10 bits per heavy atom. The summed E-state index contributed by atoms with van der Waals surface area (Å²) in [4.78, 5) is 25.8. The Kier molecular flexibility index (Phi) is 5.54. The van der Waals surface area contributed by atoms with Crippen LogP contribution in [0, 0.1) is 5.92 Å². The molecular formula is C19H26N4O3S3. The molecule has 0 aromatic carbocycles. The lowest BCUT2D eigenvalue weighted by Gasteiger charge is -2.26. The number of rotatable bonds is 4. The van der Waals surface area contributed by atoms with Crippen LogP contribution in [0.4, 0.5) is 5.82 Å². The highest BCUT2D eigenvalue weighted by molar-refractivity contribution is 8.00. The van der Waals surface area contributed by atoms with Crippen LogP contribution in [0.15, 0.2) is 5.16 Å². The fourth-order valence-corrected chi connectivity index (χ4v) is 8.26. The number of sulfone groups is 1. The van der Waals surface area contributed by atoms with E-state index in [2.05, 4.69) is 11.9 Å². The molecule has 0 bridgehead atoms. The Balaban J connectivity index is 1.52. The molecule has 7 nitrogen and oxygen atoms in total. The fourth-order valence-electron chi connectivity index (χ4n) is 4.16. The van der Waals surface area contributed by atoms with Gasteiger partial charge in [0.15, 0.2) is 15.0 Å². The molecule has 1 fully saturated rings. The molecule has 2 aliphatic rings. The van der Waals surface area contributed by atoms with Gasteiger partial charge < -0.3 is 10.6 Å². The molecule has 2 aromatic rings. The van der Waals surface area contributed by atoms with Crippen LogP contribution in [0.3, 0.4) is 0 Å². The van der Waals surface area contributed by atoms with Gasteiger partial charge in [-0.05, 0) is 44.1 Å². The second-order valence-corrected chi connectivity index (χ2v) is 12.8. The van der Waals surface area contributed by atoms with Crippen molar-refractivity contribution in [1.82, 2.24) is 14.9 Å². The molecule has 1 amide bonds. The van der Waals surface area contributed by atoms with Gasteiger partial charge in [-0.25, -0.2) is 18.4 Å². The normalized spacial score (nSPS) is 24.4. The molecule has 0 spiro atoms. The zero-order valence-electron chi connectivity index (χ0n) is 16.8. The molecule has 1 saturated heterocycles. The van der Waals surface area contributed by atoms with E-state index in [0.29, 0.717) is 23.3 Å². The minimum atomic E-state index is -3.03. The maximum Gasteiger partial charge on any atom is 0.235 e. The first-order valence-corrected chi connectivity index (χ1v) is 13.4. The van der Waals surface area contributed by atoms with Gasteiger partial charge in [0, 0.05) is 18.0 Å². The van der Waals surface area contributed by atoms with E-state index >= 15 is 0 Å². The molecule has 0 radical (unpaired) electrons. The third-order valence-electron chi connectivity index (χ3n) is 5.90. The summed E-state index contributed by atoms with van der Waals surface area (Å²) in [6.45, 7) is 4.07. The van der Waals surface area contributed by atoms with Crippen LogP contribution in [-0.2, 0) is 27.5 Å². The number of thiophene rings is 1. The molecule has 3 unspecified atom stereocenters.